The Morgan fingerprint density at radius 1 is 0.917 bits per heavy atom. The van der Waals surface area contributed by atoms with Crippen molar-refractivity contribution in [3.8, 4) is 22.7 Å². The summed E-state index contributed by atoms with van der Waals surface area (Å²) in [5.74, 6) is 0.533. The maximum atomic E-state index is 12.3. The van der Waals surface area contributed by atoms with E-state index in [2.05, 4.69) is 48.5 Å². The predicted molar refractivity (Wildman–Crippen MR) is 144 cm³/mol. The molecule has 0 spiro atoms. The summed E-state index contributed by atoms with van der Waals surface area (Å²) in [5.41, 5.74) is 7.97. The lowest BCUT2D eigenvalue weighted by atomic mass is 9.91. The van der Waals surface area contributed by atoms with Crippen molar-refractivity contribution in [2.45, 2.75) is 31.6 Å². The quantitative estimate of drug-likeness (QED) is 0.247. The third-order valence-corrected chi connectivity index (χ3v) is 7.29. The minimum absolute atomic E-state index is 0.275. The van der Waals surface area contributed by atoms with Crippen LogP contribution in [-0.4, -0.2) is 23.2 Å². The van der Waals surface area contributed by atoms with Gasteiger partial charge in [-0.15, -0.1) is 0 Å². The molecule has 0 N–H and O–H groups in total. The number of methoxy groups -OCH3 is 1. The average Bonchev–Trinajstić information content (AvgIpc) is 3.58. The summed E-state index contributed by atoms with van der Waals surface area (Å²) < 4.78 is 7.35. The largest absolute Gasteiger partial charge is 0.497 e. The van der Waals surface area contributed by atoms with E-state index in [4.69, 9.17) is 9.84 Å². The van der Waals surface area contributed by atoms with Crippen molar-refractivity contribution in [3.05, 3.63) is 113 Å². The molecule has 0 saturated carbocycles. The van der Waals surface area contributed by atoms with Crippen LogP contribution in [0.4, 0.5) is 0 Å². The molecule has 5 aromatic rings. The molecule has 0 fully saturated rings. The van der Waals surface area contributed by atoms with Crippen LogP contribution < -0.4 is 4.74 Å². The smallest absolute Gasteiger partial charge is 0.127 e. The molecule has 0 amide bonds. The van der Waals surface area contributed by atoms with Crippen LogP contribution in [0.3, 0.4) is 0 Å². The molecule has 0 radical (unpaired) electrons. The molecular weight excluding hydrogens is 444 g/mol. The number of benzene rings is 4. The highest BCUT2D eigenvalue weighted by Gasteiger charge is 2.20. The molecule has 1 atom stereocenters. The van der Waals surface area contributed by atoms with Gasteiger partial charge in [-0.3, -0.25) is 0 Å². The van der Waals surface area contributed by atoms with Crippen LogP contribution in [0, 0.1) is 0 Å². The molecule has 0 aliphatic heterocycles. The Labute approximate surface area is 211 Å². The van der Waals surface area contributed by atoms with Gasteiger partial charge in [0.2, 0.25) is 0 Å². The van der Waals surface area contributed by atoms with E-state index in [0.29, 0.717) is 6.42 Å². The topological polar surface area (TPSA) is 44.1 Å². The molecule has 6 rings (SSSR count). The Bertz CT molecular complexity index is 1540. The highest BCUT2D eigenvalue weighted by atomic mass is 16.5. The fourth-order valence-electron chi connectivity index (χ4n) is 5.42. The normalized spacial score (nSPS) is 13.5. The fourth-order valence-corrected chi connectivity index (χ4v) is 5.42. The van der Waals surface area contributed by atoms with Gasteiger partial charge in [-0.25, -0.2) is 4.68 Å². The number of ether oxygens (including phenoxy) is 1. The molecular formula is C32H28N2O2. The van der Waals surface area contributed by atoms with Gasteiger partial charge >= 0.3 is 0 Å². The fraction of sp³-hybridized carbons (Fsp3) is 0.188. The van der Waals surface area contributed by atoms with Crippen molar-refractivity contribution in [1.29, 1.82) is 0 Å². The van der Waals surface area contributed by atoms with Crippen LogP contribution in [0.25, 0.3) is 27.7 Å². The summed E-state index contributed by atoms with van der Waals surface area (Å²) in [6.45, 7) is 0. The second-order valence-electron chi connectivity index (χ2n) is 9.48. The molecule has 4 aromatic carbocycles. The van der Waals surface area contributed by atoms with Crippen molar-refractivity contribution in [1.82, 2.24) is 9.78 Å². The van der Waals surface area contributed by atoms with E-state index in [0.717, 1.165) is 63.9 Å². The van der Waals surface area contributed by atoms with E-state index >= 15 is 0 Å². The zero-order chi connectivity index (χ0) is 24.5. The van der Waals surface area contributed by atoms with Crippen molar-refractivity contribution >= 4 is 17.1 Å². The third kappa shape index (κ3) is 4.09. The Kier molecular flexibility index (Phi) is 5.86. The van der Waals surface area contributed by atoms with Gasteiger partial charge in [0, 0.05) is 17.9 Å². The number of nitrogens with zero attached hydrogens (tertiary/aromatic N) is 2. The zero-order valence-corrected chi connectivity index (χ0v) is 20.4. The van der Waals surface area contributed by atoms with E-state index in [9.17, 15) is 4.79 Å². The van der Waals surface area contributed by atoms with E-state index in [1.165, 1.54) is 17.5 Å². The number of carbonyl (C=O) groups is 1. The number of aromatic nitrogens is 2. The molecule has 0 saturated heterocycles. The standard InChI is InChI=1S/C32H28N2O2/c1-36-29-16-14-28(15-17-29)34-32(25-13-12-22-7-4-9-24(22)18-25)20-27(33-34)19-26(21-35)31-11-5-8-23-6-2-3-10-30(23)31/h2-3,5-6,8,10-18,20-21,26H,4,7,9,19H2,1H3. The van der Waals surface area contributed by atoms with Crippen LogP contribution in [-0.2, 0) is 24.1 Å². The second kappa shape index (κ2) is 9.46. The minimum atomic E-state index is -0.275. The van der Waals surface area contributed by atoms with Crippen molar-refractivity contribution in [2.75, 3.05) is 7.11 Å². The number of hydrogen-bond acceptors (Lipinski definition) is 3. The van der Waals surface area contributed by atoms with Crippen LogP contribution >= 0.6 is 0 Å². The zero-order valence-electron chi connectivity index (χ0n) is 20.4. The number of aldehydes is 1. The molecule has 1 aliphatic rings. The van der Waals surface area contributed by atoms with Crippen LogP contribution in [0.15, 0.2) is 91.0 Å². The number of rotatable bonds is 7. The highest BCUT2D eigenvalue weighted by Crippen LogP contribution is 2.32. The molecule has 1 aliphatic carbocycles. The predicted octanol–water partition coefficient (Wildman–Crippen LogP) is 6.72. The Hall–Kier alpha value is -4.18. The van der Waals surface area contributed by atoms with Gasteiger partial charge in [-0.2, -0.15) is 5.10 Å². The second-order valence-corrected chi connectivity index (χ2v) is 9.48. The molecule has 1 heterocycles. The summed E-state index contributed by atoms with van der Waals surface area (Å²) in [4.78, 5) is 12.3. The van der Waals surface area contributed by atoms with E-state index in [1.54, 1.807) is 7.11 Å². The summed E-state index contributed by atoms with van der Waals surface area (Å²) in [6.07, 6.45) is 5.10. The minimum Gasteiger partial charge on any atom is -0.497 e. The number of hydrogen-bond donors (Lipinski definition) is 0. The summed E-state index contributed by atoms with van der Waals surface area (Å²) >= 11 is 0. The van der Waals surface area contributed by atoms with Gasteiger partial charge < -0.3 is 9.53 Å². The van der Waals surface area contributed by atoms with Gasteiger partial charge in [-0.1, -0.05) is 54.6 Å². The Balaban J connectivity index is 1.42. The van der Waals surface area contributed by atoms with Crippen LogP contribution in [0.2, 0.25) is 0 Å². The van der Waals surface area contributed by atoms with E-state index in [1.807, 2.05) is 47.1 Å². The van der Waals surface area contributed by atoms with Crippen LogP contribution in [0.5, 0.6) is 5.75 Å². The molecule has 0 bridgehead atoms. The number of aryl methyl sites for hydroxylation is 2. The average molecular weight is 473 g/mol. The summed E-state index contributed by atoms with van der Waals surface area (Å²) in [6, 6.07) is 31.3. The molecule has 178 valence electrons. The van der Waals surface area contributed by atoms with Crippen molar-refractivity contribution < 1.29 is 9.53 Å². The molecule has 4 nitrogen and oxygen atoms in total. The molecule has 1 unspecified atom stereocenters. The first kappa shape index (κ1) is 22.3. The third-order valence-electron chi connectivity index (χ3n) is 7.29. The van der Waals surface area contributed by atoms with Gasteiger partial charge in [0.1, 0.15) is 12.0 Å². The van der Waals surface area contributed by atoms with E-state index < -0.39 is 0 Å². The van der Waals surface area contributed by atoms with Gasteiger partial charge in [0.15, 0.2) is 0 Å². The van der Waals surface area contributed by atoms with Crippen molar-refractivity contribution in [2.24, 2.45) is 0 Å². The summed E-state index contributed by atoms with van der Waals surface area (Å²) in [7, 11) is 1.67. The van der Waals surface area contributed by atoms with Crippen LogP contribution in [0.1, 0.15) is 34.7 Å². The SMILES string of the molecule is COc1ccc(-n2nc(CC(C=O)c3cccc4ccccc34)cc2-c2ccc3c(c2)CCC3)cc1. The first-order valence-corrected chi connectivity index (χ1v) is 12.5. The number of carbonyl (C=O) groups excluding carboxylic acids is 1. The molecule has 36 heavy (non-hydrogen) atoms. The molecule has 1 aromatic heterocycles. The maximum Gasteiger partial charge on any atom is 0.127 e. The maximum absolute atomic E-state index is 12.3. The number of fused-ring (bicyclic) bond motifs is 2. The first-order chi connectivity index (χ1) is 17.7. The van der Waals surface area contributed by atoms with Crippen molar-refractivity contribution in [3.63, 3.8) is 0 Å². The van der Waals surface area contributed by atoms with E-state index in [-0.39, 0.29) is 5.92 Å². The molecule has 4 heteroatoms. The Morgan fingerprint density at radius 2 is 1.72 bits per heavy atom. The lowest BCUT2D eigenvalue weighted by molar-refractivity contribution is -0.109. The summed E-state index contributed by atoms with van der Waals surface area (Å²) in [5, 5.41) is 7.28. The first-order valence-electron chi connectivity index (χ1n) is 12.5. The van der Waals surface area contributed by atoms with Gasteiger partial charge in [-0.05, 0) is 83.1 Å². The highest BCUT2D eigenvalue weighted by molar-refractivity contribution is 5.88. The lowest BCUT2D eigenvalue weighted by Crippen LogP contribution is -2.06. The van der Waals surface area contributed by atoms with Gasteiger partial charge in [0.25, 0.3) is 0 Å². The monoisotopic (exact) mass is 472 g/mol. The Morgan fingerprint density at radius 3 is 2.56 bits per heavy atom. The van der Waals surface area contributed by atoms with Gasteiger partial charge in [0.05, 0.1) is 24.2 Å². The lowest BCUT2D eigenvalue weighted by Gasteiger charge is -2.12.